The highest BCUT2D eigenvalue weighted by atomic mass is 33.7. The van der Waals surface area contributed by atoms with Crippen molar-refractivity contribution in [2.75, 3.05) is 37.9 Å². The molecule has 0 aliphatic rings. The minimum Gasteiger partial charge on any atom is -0.397 e. The maximum absolute atomic E-state index is 5.82. The van der Waals surface area contributed by atoms with Crippen LogP contribution in [0.15, 0.2) is 0 Å². The Balaban J connectivity index is 3.59. The largest absolute Gasteiger partial charge is 0.397 e. The molecular weight excluding hydrogens is 465 g/mol. The second-order valence-corrected chi connectivity index (χ2v) is 17.9. The molecule has 0 fully saturated rings. The Labute approximate surface area is 193 Å². The van der Waals surface area contributed by atoms with Gasteiger partial charge < -0.3 is 17.7 Å². The van der Waals surface area contributed by atoms with Gasteiger partial charge in [-0.2, -0.15) is 0 Å². The first-order chi connectivity index (χ1) is 13.6. The van der Waals surface area contributed by atoms with Gasteiger partial charge in [0.25, 0.3) is 0 Å². The quantitative estimate of drug-likeness (QED) is 0.0980. The molecule has 0 aliphatic carbocycles. The van der Waals surface area contributed by atoms with Crippen LogP contribution >= 0.6 is 41.2 Å². The molecule has 10 heteroatoms. The Bertz CT molecular complexity index is 294. The van der Waals surface area contributed by atoms with Crippen LogP contribution in [0.4, 0.5) is 0 Å². The lowest BCUT2D eigenvalue weighted by Crippen LogP contribution is -2.27. The van der Waals surface area contributed by atoms with Crippen molar-refractivity contribution in [3.8, 4) is 0 Å². The molecule has 0 N–H and O–H groups in total. The fourth-order valence-electron chi connectivity index (χ4n) is 2.72. The molecule has 0 rings (SSSR count). The Kier molecular flexibility index (Phi) is 23.2. The fourth-order valence-corrected chi connectivity index (χ4v) is 12.7. The topological polar surface area (TPSA) is 36.9 Å². The van der Waals surface area contributed by atoms with Crippen LogP contribution in [0.1, 0.15) is 67.2 Å². The molecule has 0 amide bonds. The van der Waals surface area contributed by atoms with Crippen LogP contribution in [-0.4, -0.2) is 56.5 Å². The van der Waals surface area contributed by atoms with Gasteiger partial charge in [0.15, 0.2) is 0 Å². The average Bonchev–Trinajstić information content (AvgIpc) is 2.68. The van der Waals surface area contributed by atoms with E-state index in [0.717, 1.165) is 26.4 Å². The number of rotatable bonds is 21. The van der Waals surface area contributed by atoms with Gasteiger partial charge in [0.05, 0.1) is 0 Å². The smallest absolute Gasteiger partial charge is 0.324 e. The first kappa shape index (κ1) is 29.7. The van der Waals surface area contributed by atoms with E-state index >= 15 is 0 Å². The minimum atomic E-state index is -1.47. The van der Waals surface area contributed by atoms with Crippen molar-refractivity contribution in [2.24, 2.45) is 0 Å². The lowest BCUT2D eigenvalue weighted by Gasteiger charge is -2.21. The van der Waals surface area contributed by atoms with Gasteiger partial charge >= 0.3 is 18.6 Å². The fraction of sp³-hybridized carbons (Fsp3) is 1.00. The van der Waals surface area contributed by atoms with Crippen LogP contribution in [0, 0.1) is 0 Å². The van der Waals surface area contributed by atoms with Gasteiger partial charge in [-0.1, -0.05) is 35.4 Å². The predicted octanol–water partition coefficient (Wildman–Crippen LogP) is 6.59. The predicted molar refractivity (Wildman–Crippen MR) is 138 cm³/mol. The molecule has 0 aromatic rings. The molecule has 170 valence electrons. The monoisotopic (exact) mass is 506 g/mol. The van der Waals surface area contributed by atoms with E-state index in [1.54, 1.807) is 0 Å². The van der Waals surface area contributed by atoms with Crippen LogP contribution in [0.5, 0.6) is 0 Å². The lowest BCUT2D eigenvalue weighted by molar-refractivity contribution is 0.203. The third kappa shape index (κ3) is 16.4. The van der Waals surface area contributed by atoms with Gasteiger partial charge in [-0.05, 0) is 84.1 Å². The molecule has 0 aliphatic heterocycles. The van der Waals surface area contributed by atoms with Gasteiger partial charge in [0.2, 0.25) is 0 Å². The van der Waals surface area contributed by atoms with Crippen molar-refractivity contribution >= 4 is 59.8 Å². The van der Waals surface area contributed by atoms with Gasteiger partial charge in [-0.25, -0.2) is 0 Å². The molecule has 2 unspecified atom stereocenters. The van der Waals surface area contributed by atoms with E-state index in [-0.39, 0.29) is 0 Å². The molecule has 0 saturated carbocycles. The van der Waals surface area contributed by atoms with E-state index in [2.05, 4.69) is 41.5 Å². The first-order valence-corrected chi connectivity index (χ1v) is 19.0. The van der Waals surface area contributed by atoms with Crippen LogP contribution in [0.3, 0.4) is 0 Å². The molecule has 0 aromatic carbocycles. The third-order valence-corrected chi connectivity index (χ3v) is 16.0. The van der Waals surface area contributed by atoms with E-state index in [0.29, 0.717) is 11.1 Å². The molecule has 0 aromatic heterocycles. The highest BCUT2D eigenvalue weighted by Gasteiger charge is 2.21. The summed E-state index contributed by atoms with van der Waals surface area (Å²) >= 11 is 0. The molecule has 0 bridgehead atoms. The van der Waals surface area contributed by atoms with Crippen molar-refractivity contribution in [1.82, 2.24) is 0 Å². The van der Waals surface area contributed by atoms with Gasteiger partial charge in [0.1, 0.15) is 0 Å². The molecule has 28 heavy (non-hydrogen) atoms. The summed E-state index contributed by atoms with van der Waals surface area (Å²) in [5.41, 5.74) is 1.19. The molecule has 0 radical (unpaired) electrons. The zero-order valence-electron chi connectivity index (χ0n) is 18.6. The van der Waals surface area contributed by atoms with Gasteiger partial charge in [-0.15, -0.1) is 0 Å². The van der Waals surface area contributed by atoms with Crippen molar-refractivity contribution in [1.29, 1.82) is 0 Å². The van der Waals surface area contributed by atoms with Crippen molar-refractivity contribution in [3.63, 3.8) is 0 Å². The molecule has 0 heterocycles. The van der Waals surface area contributed by atoms with Crippen molar-refractivity contribution < 1.29 is 17.7 Å². The summed E-state index contributed by atoms with van der Waals surface area (Å²) in [7, 11) is 4.85. The zero-order valence-corrected chi connectivity index (χ0v) is 24.2. The minimum absolute atomic E-state index is 0.593. The van der Waals surface area contributed by atoms with E-state index in [4.69, 9.17) is 17.7 Å². The number of hydrogen-bond donors (Lipinski definition) is 0. The summed E-state index contributed by atoms with van der Waals surface area (Å²) in [5, 5.41) is 0. The van der Waals surface area contributed by atoms with E-state index in [1.165, 1.54) is 37.2 Å². The molecule has 2 atom stereocenters. The Morgan fingerprint density at radius 2 is 0.929 bits per heavy atom. The van der Waals surface area contributed by atoms with Gasteiger partial charge in [-0.3, -0.25) is 0 Å². The van der Waals surface area contributed by atoms with Crippen LogP contribution < -0.4 is 0 Å². The standard InChI is InChI=1S/C18H42O4S4Si2/c1-7-19-27(20-8-2)17(5)13-11-15-23-25-26-24-16-12-14-18(6)28(21-9-3)22-10-4/h17-18,27-28H,7-16H2,1-6H3. The van der Waals surface area contributed by atoms with Crippen LogP contribution in [-0.2, 0) is 17.7 Å². The zero-order chi connectivity index (χ0) is 21.0. The van der Waals surface area contributed by atoms with Crippen LogP contribution in [0.2, 0.25) is 11.1 Å². The lowest BCUT2D eigenvalue weighted by atomic mass is 10.3. The first-order valence-electron chi connectivity index (χ1n) is 10.6. The molecule has 0 spiro atoms. The Morgan fingerprint density at radius 1 is 0.607 bits per heavy atom. The Morgan fingerprint density at radius 3 is 1.21 bits per heavy atom. The summed E-state index contributed by atoms with van der Waals surface area (Å²) < 4.78 is 23.3. The summed E-state index contributed by atoms with van der Waals surface area (Å²) in [6, 6.07) is 0. The highest BCUT2D eigenvalue weighted by molar-refractivity contribution is 9.26. The second kappa shape index (κ2) is 21.9. The maximum Gasteiger partial charge on any atom is 0.324 e. The normalized spacial score (nSPS) is 14.1. The van der Waals surface area contributed by atoms with Crippen molar-refractivity contribution in [3.05, 3.63) is 0 Å². The SMILES string of the molecule is CCO[SiH](OCC)C(C)CCCSSSSCCCC(C)[SiH](OCC)OCC. The summed E-state index contributed by atoms with van der Waals surface area (Å²) in [6.07, 6.45) is 4.91. The van der Waals surface area contributed by atoms with E-state index < -0.39 is 18.6 Å². The van der Waals surface area contributed by atoms with Gasteiger partial charge in [0, 0.05) is 37.9 Å². The van der Waals surface area contributed by atoms with E-state index in [9.17, 15) is 0 Å². The third-order valence-electron chi connectivity index (χ3n) is 4.15. The molecular formula is C18H42O4S4Si2. The molecule has 0 saturated heterocycles. The van der Waals surface area contributed by atoms with Crippen LogP contribution in [0.25, 0.3) is 0 Å². The maximum atomic E-state index is 5.82. The summed E-state index contributed by atoms with van der Waals surface area (Å²) in [6.45, 7) is 15.9. The second-order valence-electron chi connectivity index (χ2n) is 6.58. The summed E-state index contributed by atoms with van der Waals surface area (Å²) in [5.74, 6) is 2.41. The number of hydrogen-bond acceptors (Lipinski definition) is 8. The van der Waals surface area contributed by atoms with Crippen molar-refractivity contribution in [2.45, 2.75) is 78.3 Å². The average molecular weight is 507 g/mol. The highest BCUT2D eigenvalue weighted by Crippen LogP contribution is 2.44. The van der Waals surface area contributed by atoms with E-state index in [1.807, 2.05) is 41.2 Å². The Hall–Kier alpha value is 1.67. The molecule has 4 nitrogen and oxygen atoms in total. The summed E-state index contributed by atoms with van der Waals surface area (Å²) in [4.78, 5) is 0.